The third-order valence-electron chi connectivity index (χ3n) is 4.25. The smallest absolute Gasteiger partial charge is 0.282 e. The lowest BCUT2D eigenvalue weighted by atomic mass is 10.2. The molecule has 0 fully saturated rings. The van der Waals surface area contributed by atoms with Crippen molar-refractivity contribution in [3.63, 3.8) is 0 Å². The van der Waals surface area contributed by atoms with Crippen molar-refractivity contribution in [1.29, 1.82) is 0 Å². The van der Waals surface area contributed by atoms with Crippen LogP contribution >= 0.6 is 34.8 Å². The third-order valence-corrected chi connectivity index (χ3v) is 5.24. The Labute approximate surface area is 180 Å². The predicted octanol–water partition coefficient (Wildman–Crippen LogP) is 5.53. The summed E-state index contributed by atoms with van der Waals surface area (Å²) in [5, 5.41) is 11.8. The predicted molar refractivity (Wildman–Crippen MR) is 108 cm³/mol. The zero-order valence-electron chi connectivity index (χ0n) is 15.3. The van der Waals surface area contributed by atoms with Gasteiger partial charge in [0, 0.05) is 27.5 Å². The number of aryl methyl sites for hydroxylation is 1. The number of carbonyl (C=O) groups is 1. The first-order chi connectivity index (χ1) is 13.7. The molecule has 0 radical (unpaired) electrons. The van der Waals surface area contributed by atoms with Crippen LogP contribution in [0.1, 0.15) is 36.3 Å². The Morgan fingerprint density at radius 2 is 1.83 bits per heavy atom. The second-order valence-electron chi connectivity index (χ2n) is 6.34. The van der Waals surface area contributed by atoms with Crippen LogP contribution in [0.15, 0.2) is 30.5 Å². The molecule has 29 heavy (non-hydrogen) atoms. The zero-order chi connectivity index (χ0) is 21.3. The molecule has 1 aromatic carbocycles. The molecule has 0 spiro atoms. The molecule has 154 valence electrons. The number of rotatable bonds is 6. The summed E-state index contributed by atoms with van der Waals surface area (Å²) in [7, 11) is 0. The van der Waals surface area contributed by atoms with E-state index >= 15 is 0 Å². The summed E-state index contributed by atoms with van der Waals surface area (Å²) < 4.78 is 28.4. The number of hydrogen-bond acceptors (Lipinski definition) is 3. The van der Waals surface area contributed by atoms with Crippen molar-refractivity contribution >= 4 is 46.5 Å². The van der Waals surface area contributed by atoms with Crippen molar-refractivity contribution < 1.29 is 13.6 Å². The summed E-state index contributed by atoms with van der Waals surface area (Å²) in [6.45, 7) is 3.39. The minimum absolute atomic E-state index is 0.130. The van der Waals surface area contributed by atoms with Crippen LogP contribution in [0, 0.1) is 6.92 Å². The average molecular weight is 463 g/mol. The van der Waals surface area contributed by atoms with Gasteiger partial charge in [0.05, 0.1) is 6.54 Å². The van der Waals surface area contributed by atoms with E-state index in [0.717, 1.165) is 0 Å². The van der Waals surface area contributed by atoms with E-state index in [2.05, 4.69) is 15.5 Å². The fourth-order valence-corrected chi connectivity index (χ4v) is 3.47. The first-order valence-electron chi connectivity index (χ1n) is 8.48. The van der Waals surface area contributed by atoms with E-state index in [9.17, 15) is 13.6 Å². The number of aromatic nitrogens is 4. The highest BCUT2D eigenvalue weighted by Gasteiger charge is 2.23. The van der Waals surface area contributed by atoms with Gasteiger partial charge in [0.1, 0.15) is 16.8 Å². The van der Waals surface area contributed by atoms with Gasteiger partial charge >= 0.3 is 0 Å². The molecule has 0 aliphatic carbocycles. The van der Waals surface area contributed by atoms with Gasteiger partial charge in [-0.1, -0.05) is 40.9 Å². The van der Waals surface area contributed by atoms with Crippen LogP contribution in [0.3, 0.4) is 0 Å². The molecule has 6 nitrogen and oxygen atoms in total. The maximum absolute atomic E-state index is 12.8. The minimum Gasteiger partial charge on any atom is -0.306 e. The number of nitrogens with zero attached hydrogens (tertiary/aromatic N) is 4. The van der Waals surface area contributed by atoms with E-state index in [-0.39, 0.29) is 23.1 Å². The number of carbonyl (C=O) groups excluding carboxylic acids is 1. The summed E-state index contributed by atoms with van der Waals surface area (Å²) in [6.07, 6.45) is -1.19. The second-order valence-corrected chi connectivity index (χ2v) is 7.57. The normalized spacial score (nSPS) is 12.4. The number of halogens is 5. The molecule has 3 aromatic rings. The Bertz CT molecular complexity index is 1030. The van der Waals surface area contributed by atoms with Crippen LogP contribution in [-0.2, 0) is 11.3 Å². The van der Waals surface area contributed by atoms with E-state index < -0.39 is 18.4 Å². The maximum atomic E-state index is 12.8. The summed E-state index contributed by atoms with van der Waals surface area (Å²) in [6, 6.07) is 5.54. The van der Waals surface area contributed by atoms with Crippen LogP contribution in [0.25, 0.3) is 0 Å². The van der Waals surface area contributed by atoms with Crippen LogP contribution in [-0.4, -0.2) is 25.5 Å². The number of benzene rings is 1. The van der Waals surface area contributed by atoms with Crippen molar-refractivity contribution in [3.8, 4) is 0 Å². The first kappa shape index (κ1) is 21.5. The van der Waals surface area contributed by atoms with Gasteiger partial charge in [0.25, 0.3) is 6.43 Å². The number of alkyl halides is 2. The monoisotopic (exact) mass is 461 g/mol. The van der Waals surface area contributed by atoms with Gasteiger partial charge in [0.15, 0.2) is 5.82 Å². The van der Waals surface area contributed by atoms with Crippen molar-refractivity contribution in [3.05, 3.63) is 62.5 Å². The number of anilines is 1. The van der Waals surface area contributed by atoms with E-state index in [1.165, 1.54) is 21.6 Å². The lowest BCUT2D eigenvalue weighted by Gasteiger charge is -2.13. The maximum Gasteiger partial charge on any atom is 0.282 e. The van der Waals surface area contributed by atoms with Crippen molar-refractivity contribution in [2.45, 2.75) is 32.9 Å². The van der Waals surface area contributed by atoms with Gasteiger partial charge in [-0.05, 0) is 32.0 Å². The van der Waals surface area contributed by atoms with Crippen molar-refractivity contribution in [1.82, 2.24) is 19.6 Å². The molecule has 1 N–H and O–H groups in total. The first-order valence-corrected chi connectivity index (χ1v) is 9.61. The third kappa shape index (κ3) is 4.71. The molecule has 0 saturated carbocycles. The van der Waals surface area contributed by atoms with E-state index in [1.807, 2.05) is 0 Å². The molecule has 0 aliphatic heterocycles. The molecular formula is C18H16Cl3F2N5O. The number of amides is 1. The quantitative estimate of drug-likeness (QED) is 0.523. The lowest BCUT2D eigenvalue weighted by molar-refractivity contribution is -0.119. The van der Waals surface area contributed by atoms with Gasteiger partial charge in [0.2, 0.25) is 5.91 Å². The highest BCUT2D eigenvalue weighted by atomic mass is 35.5. The van der Waals surface area contributed by atoms with Crippen molar-refractivity contribution in [2.75, 3.05) is 5.32 Å². The van der Waals surface area contributed by atoms with Crippen LogP contribution < -0.4 is 5.32 Å². The minimum atomic E-state index is -2.72. The molecule has 11 heteroatoms. The SMILES string of the molecule is Cc1cc(C(F)F)nn1C(C)C(=O)Nc1nn(Cc2c(Cl)cccc2Cl)cc1Cl. The molecule has 1 unspecified atom stereocenters. The molecule has 1 atom stereocenters. The van der Waals surface area contributed by atoms with Crippen LogP contribution in [0.5, 0.6) is 0 Å². The Kier molecular flexibility index (Phi) is 6.45. The summed E-state index contributed by atoms with van der Waals surface area (Å²) in [5.74, 6) is -0.370. The molecule has 2 aromatic heterocycles. The molecule has 1 amide bonds. The zero-order valence-corrected chi connectivity index (χ0v) is 17.6. The van der Waals surface area contributed by atoms with Gasteiger partial charge in [-0.3, -0.25) is 14.2 Å². The fraction of sp³-hybridized carbons (Fsp3) is 0.278. The summed E-state index contributed by atoms with van der Waals surface area (Å²) in [4.78, 5) is 12.6. The largest absolute Gasteiger partial charge is 0.306 e. The molecule has 2 heterocycles. The fourth-order valence-electron chi connectivity index (χ4n) is 2.75. The molecular weight excluding hydrogens is 447 g/mol. The molecule has 0 saturated heterocycles. The van der Waals surface area contributed by atoms with Crippen molar-refractivity contribution in [2.24, 2.45) is 0 Å². The Hall–Kier alpha value is -2.16. The number of nitrogens with one attached hydrogen (secondary N) is 1. The highest BCUT2D eigenvalue weighted by molar-refractivity contribution is 6.36. The van der Waals surface area contributed by atoms with Crippen LogP contribution in [0.4, 0.5) is 14.6 Å². The Morgan fingerprint density at radius 3 is 2.41 bits per heavy atom. The average Bonchev–Trinajstić information content (AvgIpc) is 3.20. The molecule has 0 aliphatic rings. The van der Waals surface area contributed by atoms with E-state index in [0.29, 0.717) is 21.3 Å². The van der Waals surface area contributed by atoms with E-state index in [1.54, 1.807) is 32.0 Å². The molecule has 0 bridgehead atoms. The highest BCUT2D eigenvalue weighted by Crippen LogP contribution is 2.27. The summed E-state index contributed by atoms with van der Waals surface area (Å²) >= 11 is 18.5. The van der Waals surface area contributed by atoms with Gasteiger partial charge in [-0.25, -0.2) is 8.78 Å². The second kappa shape index (κ2) is 8.69. The van der Waals surface area contributed by atoms with Gasteiger partial charge < -0.3 is 5.32 Å². The standard InChI is InChI=1S/C18H16Cl3F2N5O/c1-9-6-15(16(22)23)25-28(9)10(2)18(29)24-17-14(21)8-27(26-17)7-11-12(19)4-3-5-13(11)20/h3-6,8,10,16H,7H2,1-2H3,(H,24,26,29). The Morgan fingerprint density at radius 1 is 1.17 bits per heavy atom. The molecule has 3 rings (SSSR count). The number of hydrogen-bond donors (Lipinski definition) is 1. The van der Waals surface area contributed by atoms with Crippen LogP contribution in [0.2, 0.25) is 15.1 Å². The Balaban J connectivity index is 1.76. The lowest BCUT2D eigenvalue weighted by Crippen LogP contribution is -2.25. The van der Waals surface area contributed by atoms with E-state index in [4.69, 9.17) is 34.8 Å². The van der Waals surface area contributed by atoms with Gasteiger partial charge in [-0.15, -0.1) is 0 Å². The topological polar surface area (TPSA) is 64.7 Å². The summed E-state index contributed by atoms with van der Waals surface area (Å²) in [5.41, 5.74) is 0.710. The van der Waals surface area contributed by atoms with Gasteiger partial charge in [-0.2, -0.15) is 10.2 Å².